The highest BCUT2D eigenvalue weighted by Gasteiger charge is 1.90. The highest BCUT2D eigenvalue weighted by Crippen LogP contribution is 2.05. The summed E-state index contributed by atoms with van der Waals surface area (Å²) in [6, 6.07) is 3.57. The molecule has 1 aromatic rings. The quantitative estimate of drug-likeness (QED) is 0.570. The van der Waals surface area contributed by atoms with Crippen LogP contribution >= 0.6 is 0 Å². The minimum absolute atomic E-state index is 0.670. The molecule has 68 valence electrons. The second-order valence-corrected chi connectivity index (χ2v) is 2.58. The molecular formula is C10H10O3. The number of rotatable bonds is 3. The number of carboxylic acid groups (broad SMARTS) is 1. The van der Waals surface area contributed by atoms with Crippen molar-refractivity contribution in [1.82, 2.24) is 0 Å². The molecule has 0 radical (unpaired) electrons. The lowest BCUT2D eigenvalue weighted by atomic mass is 10.2. The highest BCUT2D eigenvalue weighted by atomic mass is 16.4. The van der Waals surface area contributed by atoms with Crippen LogP contribution in [0, 0.1) is 0 Å². The van der Waals surface area contributed by atoms with Gasteiger partial charge in [-0.2, -0.15) is 0 Å². The van der Waals surface area contributed by atoms with Gasteiger partial charge in [-0.05, 0) is 30.7 Å². The topological polar surface area (TPSA) is 50.4 Å². The van der Waals surface area contributed by atoms with Crippen molar-refractivity contribution in [2.45, 2.75) is 6.92 Å². The second kappa shape index (κ2) is 4.30. The van der Waals surface area contributed by atoms with Crippen molar-refractivity contribution in [3.05, 3.63) is 41.9 Å². The Bertz CT molecular complexity index is 331. The van der Waals surface area contributed by atoms with Crippen LogP contribution in [0.5, 0.6) is 0 Å². The maximum Gasteiger partial charge on any atom is 0.328 e. The van der Waals surface area contributed by atoms with Crippen LogP contribution in [0.3, 0.4) is 0 Å². The Balaban J connectivity index is 2.64. The van der Waals surface area contributed by atoms with Crippen LogP contribution < -0.4 is 0 Å². The van der Waals surface area contributed by atoms with E-state index in [4.69, 9.17) is 9.52 Å². The smallest absolute Gasteiger partial charge is 0.328 e. The molecule has 0 atom stereocenters. The molecule has 0 fully saturated rings. The van der Waals surface area contributed by atoms with Crippen molar-refractivity contribution >= 4 is 12.0 Å². The lowest BCUT2D eigenvalue weighted by molar-refractivity contribution is -0.131. The summed E-state index contributed by atoms with van der Waals surface area (Å²) >= 11 is 0. The van der Waals surface area contributed by atoms with E-state index in [-0.39, 0.29) is 0 Å². The second-order valence-electron chi connectivity index (χ2n) is 2.58. The predicted octanol–water partition coefficient (Wildman–Crippen LogP) is 2.32. The number of carbonyl (C=O) groups is 1. The van der Waals surface area contributed by atoms with Crippen LogP contribution in [-0.4, -0.2) is 11.1 Å². The third-order valence-electron chi connectivity index (χ3n) is 1.40. The molecule has 3 nitrogen and oxygen atoms in total. The van der Waals surface area contributed by atoms with Gasteiger partial charge in [0.05, 0.1) is 6.26 Å². The Morgan fingerprint density at radius 3 is 2.92 bits per heavy atom. The van der Waals surface area contributed by atoms with Gasteiger partial charge in [-0.25, -0.2) is 4.79 Å². The van der Waals surface area contributed by atoms with Crippen molar-refractivity contribution in [3.8, 4) is 0 Å². The summed E-state index contributed by atoms with van der Waals surface area (Å²) in [7, 11) is 0. The van der Waals surface area contributed by atoms with E-state index in [1.165, 1.54) is 0 Å². The minimum atomic E-state index is -0.943. The van der Waals surface area contributed by atoms with Crippen LogP contribution in [0.4, 0.5) is 0 Å². The molecule has 0 saturated heterocycles. The first-order chi connectivity index (χ1) is 6.18. The van der Waals surface area contributed by atoms with Gasteiger partial charge in [-0.3, -0.25) is 0 Å². The predicted molar refractivity (Wildman–Crippen MR) is 49.1 cm³/mol. The Labute approximate surface area is 76.0 Å². The third kappa shape index (κ3) is 3.42. The molecule has 3 heteroatoms. The normalized spacial score (nSPS) is 12.2. The molecule has 0 unspecified atom stereocenters. The molecule has 13 heavy (non-hydrogen) atoms. The Morgan fingerprint density at radius 2 is 2.38 bits per heavy atom. The van der Waals surface area contributed by atoms with Gasteiger partial charge in [0, 0.05) is 6.08 Å². The molecule has 0 aliphatic rings. The van der Waals surface area contributed by atoms with Crippen LogP contribution in [0.2, 0.25) is 0 Å². The lowest BCUT2D eigenvalue weighted by Gasteiger charge is -1.87. The van der Waals surface area contributed by atoms with E-state index in [0.29, 0.717) is 11.3 Å². The van der Waals surface area contributed by atoms with Crippen molar-refractivity contribution < 1.29 is 14.3 Å². The molecule has 0 aromatic carbocycles. The van der Waals surface area contributed by atoms with Gasteiger partial charge in [0.2, 0.25) is 0 Å². The van der Waals surface area contributed by atoms with E-state index in [1.54, 1.807) is 37.5 Å². The molecule has 0 aliphatic heterocycles. The average Bonchev–Trinajstić information content (AvgIpc) is 2.51. The van der Waals surface area contributed by atoms with E-state index >= 15 is 0 Å². The molecule has 1 heterocycles. The third-order valence-corrected chi connectivity index (χ3v) is 1.40. The molecule has 0 bridgehead atoms. The SMILES string of the molecule is CC(/C=C\c1ccco1)=C\C(=O)O. The van der Waals surface area contributed by atoms with Crippen LogP contribution in [0.25, 0.3) is 6.08 Å². The van der Waals surface area contributed by atoms with Crippen LogP contribution in [0.1, 0.15) is 12.7 Å². The number of hydrogen-bond acceptors (Lipinski definition) is 2. The first-order valence-electron chi connectivity index (χ1n) is 3.81. The summed E-state index contributed by atoms with van der Waals surface area (Å²) in [6.07, 6.45) is 6.11. The molecule has 0 spiro atoms. The standard InChI is InChI=1S/C10H10O3/c1-8(7-10(11)12)4-5-9-3-2-6-13-9/h2-7H,1H3,(H,11,12)/b5-4-,8-7+. The summed E-state index contributed by atoms with van der Waals surface area (Å²) in [6.45, 7) is 1.72. The van der Waals surface area contributed by atoms with Gasteiger partial charge in [0.15, 0.2) is 0 Å². The van der Waals surface area contributed by atoms with E-state index < -0.39 is 5.97 Å². The number of hydrogen-bond donors (Lipinski definition) is 1. The molecule has 1 rings (SSSR count). The number of aliphatic carboxylic acids is 1. The summed E-state index contributed by atoms with van der Waals surface area (Å²) < 4.78 is 5.03. The minimum Gasteiger partial charge on any atom is -0.478 e. The van der Waals surface area contributed by atoms with Crippen molar-refractivity contribution in [2.24, 2.45) is 0 Å². The summed E-state index contributed by atoms with van der Waals surface area (Å²) in [5.74, 6) is -0.236. The fourth-order valence-corrected chi connectivity index (χ4v) is 0.843. The van der Waals surface area contributed by atoms with Gasteiger partial charge in [0.1, 0.15) is 5.76 Å². The highest BCUT2D eigenvalue weighted by molar-refractivity contribution is 5.81. The Hall–Kier alpha value is -1.77. The van der Waals surface area contributed by atoms with Gasteiger partial charge >= 0.3 is 5.97 Å². The van der Waals surface area contributed by atoms with Gasteiger partial charge in [-0.15, -0.1) is 0 Å². The van der Waals surface area contributed by atoms with Crippen molar-refractivity contribution in [3.63, 3.8) is 0 Å². The van der Waals surface area contributed by atoms with Gasteiger partial charge in [-0.1, -0.05) is 6.08 Å². The molecular weight excluding hydrogens is 168 g/mol. The molecule has 0 amide bonds. The maximum atomic E-state index is 10.2. The molecule has 1 N–H and O–H groups in total. The zero-order valence-electron chi connectivity index (χ0n) is 7.23. The summed E-state index contributed by atoms with van der Waals surface area (Å²) in [5.41, 5.74) is 0.670. The molecule has 0 saturated carbocycles. The van der Waals surface area contributed by atoms with E-state index in [9.17, 15) is 4.79 Å². The van der Waals surface area contributed by atoms with Gasteiger partial charge < -0.3 is 9.52 Å². The number of furan rings is 1. The molecule has 0 aliphatic carbocycles. The zero-order valence-corrected chi connectivity index (χ0v) is 7.23. The summed E-state index contributed by atoms with van der Waals surface area (Å²) in [5, 5.41) is 8.41. The first kappa shape index (κ1) is 9.32. The first-order valence-corrected chi connectivity index (χ1v) is 3.81. The monoisotopic (exact) mass is 178 g/mol. The van der Waals surface area contributed by atoms with Crippen LogP contribution in [-0.2, 0) is 4.79 Å². The van der Waals surface area contributed by atoms with E-state index in [1.807, 2.05) is 0 Å². The van der Waals surface area contributed by atoms with E-state index in [2.05, 4.69) is 0 Å². The zero-order chi connectivity index (χ0) is 9.68. The lowest BCUT2D eigenvalue weighted by Crippen LogP contribution is -1.87. The summed E-state index contributed by atoms with van der Waals surface area (Å²) in [4.78, 5) is 10.2. The van der Waals surface area contributed by atoms with Gasteiger partial charge in [0.25, 0.3) is 0 Å². The fourth-order valence-electron chi connectivity index (χ4n) is 0.843. The average molecular weight is 178 g/mol. The maximum absolute atomic E-state index is 10.2. The fraction of sp³-hybridized carbons (Fsp3) is 0.100. The van der Waals surface area contributed by atoms with Crippen molar-refractivity contribution in [2.75, 3.05) is 0 Å². The largest absolute Gasteiger partial charge is 0.478 e. The number of carboxylic acids is 1. The Kier molecular flexibility index (Phi) is 3.09. The van der Waals surface area contributed by atoms with Crippen LogP contribution in [0.15, 0.2) is 40.5 Å². The Morgan fingerprint density at radius 1 is 1.62 bits per heavy atom. The number of allylic oxidation sites excluding steroid dienone is 2. The molecule has 1 aromatic heterocycles. The van der Waals surface area contributed by atoms with E-state index in [0.717, 1.165) is 6.08 Å². The van der Waals surface area contributed by atoms with Crippen molar-refractivity contribution in [1.29, 1.82) is 0 Å².